The summed E-state index contributed by atoms with van der Waals surface area (Å²) in [6.45, 7) is 6.36. The summed E-state index contributed by atoms with van der Waals surface area (Å²) in [5, 5.41) is 6.21. The van der Waals surface area contributed by atoms with Gasteiger partial charge in [-0.15, -0.1) is 11.3 Å². The molecule has 134 valence electrons. The predicted molar refractivity (Wildman–Crippen MR) is 113 cm³/mol. The summed E-state index contributed by atoms with van der Waals surface area (Å²) >= 11 is 4.88. The Bertz CT molecular complexity index is 919. The number of amides is 2. The summed E-state index contributed by atoms with van der Waals surface area (Å²) in [4.78, 5) is 17.9. The summed E-state index contributed by atoms with van der Waals surface area (Å²) < 4.78 is 0.830. The highest BCUT2D eigenvalue weighted by atomic mass is 79.9. The SMILES string of the molecule is Cc1sc(NC(=O)Nc2ccccc2Br)nc1-c1ccc(C(C)C)cc1. The van der Waals surface area contributed by atoms with E-state index in [-0.39, 0.29) is 6.03 Å². The fourth-order valence-corrected chi connectivity index (χ4v) is 3.77. The van der Waals surface area contributed by atoms with E-state index >= 15 is 0 Å². The molecular weight excluding hydrogens is 410 g/mol. The molecule has 4 nitrogen and oxygen atoms in total. The summed E-state index contributed by atoms with van der Waals surface area (Å²) in [6, 6.07) is 15.6. The van der Waals surface area contributed by atoms with Gasteiger partial charge in [-0.1, -0.05) is 50.2 Å². The third kappa shape index (κ3) is 4.31. The molecular formula is C20H20BrN3OS. The van der Waals surface area contributed by atoms with Gasteiger partial charge in [0.05, 0.1) is 11.4 Å². The maximum Gasteiger partial charge on any atom is 0.325 e. The first-order chi connectivity index (χ1) is 12.4. The Morgan fingerprint density at radius 2 is 1.77 bits per heavy atom. The number of carbonyl (C=O) groups is 1. The largest absolute Gasteiger partial charge is 0.325 e. The molecule has 0 spiro atoms. The second kappa shape index (κ2) is 8.01. The van der Waals surface area contributed by atoms with Crippen LogP contribution in [-0.2, 0) is 0 Å². The van der Waals surface area contributed by atoms with E-state index in [0.29, 0.717) is 16.7 Å². The number of urea groups is 1. The van der Waals surface area contributed by atoms with Crippen LogP contribution in [0.3, 0.4) is 0 Å². The molecule has 0 aliphatic carbocycles. The number of anilines is 2. The number of nitrogens with one attached hydrogen (secondary N) is 2. The molecule has 0 aliphatic rings. The molecule has 2 aromatic carbocycles. The molecule has 3 rings (SSSR count). The summed E-state index contributed by atoms with van der Waals surface area (Å²) in [5.74, 6) is 0.499. The Hall–Kier alpha value is -2.18. The Morgan fingerprint density at radius 3 is 2.42 bits per heavy atom. The third-order valence-electron chi connectivity index (χ3n) is 3.99. The summed E-state index contributed by atoms with van der Waals surface area (Å²) in [7, 11) is 0. The molecule has 0 radical (unpaired) electrons. The zero-order valence-corrected chi connectivity index (χ0v) is 17.2. The van der Waals surface area contributed by atoms with Gasteiger partial charge in [-0.2, -0.15) is 0 Å². The maximum atomic E-state index is 12.2. The topological polar surface area (TPSA) is 54.0 Å². The van der Waals surface area contributed by atoms with Crippen molar-refractivity contribution in [2.24, 2.45) is 0 Å². The monoisotopic (exact) mass is 429 g/mol. The lowest BCUT2D eigenvalue weighted by atomic mass is 10.0. The van der Waals surface area contributed by atoms with Gasteiger partial charge >= 0.3 is 6.03 Å². The van der Waals surface area contributed by atoms with Crippen LogP contribution < -0.4 is 10.6 Å². The first-order valence-electron chi connectivity index (χ1n) is 8.34. The number of halogens is 1. The lowest BCUT2D eigenvalue weighted by molar-refractivity contribution is 0.262. The number of aromatic nitrogens is 1. The Balaban J connectivity index is 1.73. The van der Waals surface area contributed by atoms with Gasteiger partial charge in [-0.05, 0) is 46.5 Å². The number of benzene rings is 2. The first kappa shape index (κ1) is 18.6. The molecule has 0 fully saturated rings. The second-order valence-corrected chi connectivity index (χ2v) is 8.32. The number of thiazole rings is 1. The molecule has 2 amide bonds. The van der Waals surface area contributed by atoms with Gasteiger partial charge in [0, 0.05) is 14.9 Å². The summed E-state index contributed by atoms with van der Waals surface area (Å²) in [5.41, 5.74) is 3.97. The van der Waals surface area contributed by atoms with Crippen molar-refractivity contribution in [2.45, 2.75) is 26.7 Å². The van der Waals surface area contributed by atoms with Crippen molar-refractivity contribution in [3.63, 3.8) is 0 Å². The van der Waals surface area contributed by atoms with Crippen LogP contribution in [0.1, 0.15) is 30.2 Å². The van der Waals surface area contributed by atoms with Crippen LogP contribution in [-0.4, -0.2) is 11.0 Å². The Kier molecular flexibility index (Phi) is 5.74. The van der Waals surface area contributed by atoms with Crippen LogP contribution in [0.15, 0.2) is 53.0 Å². The summed E-state index contributed by atoms with van der Waals surface area (Å²) in [6.07, 6.45) is 0. The van der Waals surface area contributed by atoms with Crippen molar-refractivity contribution in [1.82, 2.24) is 4.98 Å². The lowest BCUT2D eigenvalue weighted by Gasteiger charge is -2.07. The van der Waals surface area contributed by atoms with Gasteiger partial charge in [-0.3, -0.25) is 5.32 Å². The molecule has 26 heavy (non-hydrogen) atoms. The van der Waals surface area contributed by atoms with Crippen molar-refractivity contribution in [3.05, 3.63) is 63.4 Å². The van der Waals surface area contributed by atoms with Crippen molar-refractivity contribution in [3.8, 4) is 11.3 Å². The van der Waals surface area contributed by atoms with Gasteiger partial charge in [0.25, 0.3) is 0 Å². The standard InChI is InChI=1S/C20H20BrN3OS/c1-12(2)14-8-10-15(11-9-14)18-13(3)26-20(23-18)24-19(25)22-17-7-5-4-6-16(17)21/h4-12H,1-3H3,(H2,22,23,24,25). The fourth-order valence-electron chi connectivity index (χ4n) is 2.56. The van der Waals surface area contributed by atoms with E-state index in [1.165, 1.54) is 16.9 Å². The molecule has 0 atom stereocenters. The van der Waals surface area contributed by atoms with Gasteiger partial charge in [0.15, 0.2) is 5.13 Å². The fraction of sp³-hybridized carbons (Fsp3) is 0.200. The van der Waals surface area contributed by atoms with E-state index in [4.69, 9.17) is 0 Å². The number of hydrogen-bond donors (Lipinski definition) is 2. The molecule has 0 unspecified atom stereocenters. The highest BCUT2D eigenvalue weighted by molar-refractivity contribution is 9.10. The molecule has 0 aliphatic heterocycles. The van der Waals surface area contributed by atoms with Crippen LogP contribution in [0.2, 0.25) is 0 Å². The molecule has 2 N–H and O–H groups in total. The van der Waals surface area contributed by atoms with Gasteiger partial charge < -0.3 is 5.32 Å². The van der Waals surface area contributed by atoms with E-state index in [1.54, 1.807) is 0 Å². The van der Waals surface area contributed by atoms with Crippen LogP contribution in [0.25, 0.3) is 11.3 Å². The van der Waals surface area contributed by atoms with Crippen molar-refractivity contribution >= 4 is 44.1 Å². The second-order valence-electron chi connectivity index (χ2n) is 6.26. The number of para-hydroxylation sites is 1. The van der Waals surface area contributed by atoms with Gasteiger partial charge in [0.1, 0.15) is 0 Å². The average molecular weight is 430 g/mol. The van der Waals surface area contributed by atoms with Gasteiger partial charge in [-0.25, -0.2) is 9.78 Å². The Morgan fingerprint density at radius 1 is 1.08 bits per heavy atom. The lowest BCUT2D eigenvalue weighted by Crippen LogP contribution is -2.19. The number of hydrogen-bond acceptors (Lipinski definition) is 3. The smallest absolute Gasteiger partial charge is 0.307 e. The van der Waals surface area contributed by atoms with E-state index in [0.717, 1.165) is 20.6 Å². The highest BCUT2D eigenvalue weighted by Gasteiger charge is 2.13. The average Bonchev–Trinajstić information content (AvgIpc) is 2.97. The zero-order valence-electron chi connectivity index (χ0n) is 14.8. The zero-order chi connectivity index (χ0) is 18.7. The maximum absolute atomic E-state index is 12.2. The van der Waals surface area contributed by atoms with Gasteiger partial charge in [0.2, 0.25) is 0 Å². The molecule has 1 heterocycles. The molecule has 0 saturated heterocycles. The van der Waals surface area contributed by atoms with E-state index in [2.05, 4.69) is 69.7 Å². The minimum atomic E-state index is -0.313. The van der Waals surface area contributed by atoms with Crippen LogP contribution >= 0.6 is 27.3 Å². The minimum Gasteiger partial charge on any atom is -0.307 e. The van der Waals surface area contributed by atoms with Crippen LogP contribution in [0.4, 0.5) is 15.6 Å². The first-order valence-corrected chi connectivity index (χ1v) is 9.95. The van der Waals surface area contributed by atoms with E-state index in [1.807, 2.05) is 31.2 Å². The number of carbonyl (C=O) groups excluding carboxylic acids is 1. The predicted octanol–water partition coefficient (Wildman–Crippen LogP) is 6.65. The minimum absolute atomic E-state index is 0.313. The molecule has 1 aromatic heterocycles. The molecule has 0 bridgehead atoms. The highest BCUT2D eigenvalue weighted by Crippen LogP contribution is 2.31. The van der Waals surface area contributed by atoms with Crippen molar-refractivity contribution < 1.29 is 4.79 Å². The van der Waals surface area contributed by atoms with E-state index in [9.17, 15) is 4.79 Å². The molecule has 3 aromatic rings. The quantitative estimate of drug-likeness (QED) is 0.487. The number of nitrogens with zero attached hydrogens (tertiary/aromatic N) is 1. The molecule has 6 heteroatoms. The normalized spacial score (nSPS) is 10.8. The molecule has 0 saturated carbocycles. The van der Waals surface area contributed by atoms with Crippen molar-refractivity contribution in [2.75, 3.05) is 10.6 Å². The van der Waals surface area contributed by atoms with Crippen molar-refractivity contribution in [1.29, 1.82) is 0 Å². The van der Waals surface area contributed by atoms with E-state index < -0.39 is 0 Å². The number of rotatable bonds is 4. The van der Waals surface area contributed by atoms with Crippen LogP contribution in [0.5, 0.6) is 0 Å². The van der Waals surface area contributed by atoms with Crippen LogP contribution in [0, 0.1) is 6.92 Å². The third-order valence-corrected chi connectivity index (χ3v) is 5.57. The number of aryl methyl sites for hydroxylation is 1. The Labute approximate surface area is 165 Å².